The lowest BCUT2D eigenvalue weighted by atomic mass is 10.1. The van der Waals surface area contributed by atoms with Gasteiger partial charge in [-0.25, -0.2) is 9.53 Å². The number of nitrogen functional groups attached to an aromatic ring is 1. The maximum Gasteiger partial charge on any atom is 0.250 e. The van der Waals surface area contributed by atoms with E-state index in [1.807, 2.05) is 13.8 Å². The second-order valence-corrected chi connectivity index (χ2v) is 4.59. The minimum Gasteiger partial charge on any atom is -0.392 e. The molecule has 4 heteroatoms. The lowest BCUT2D eigenvalue weighted by Crippen LogP contribution is -2.06. The Hall–Kier alpha value is -2.28. The number of rotatable bonds is 1. The third-order valence-corrected chi connectivity index (χ3v) is 3.02. The lowest BCUT2D eigenvalue weighted by Gasteiger charge is -2.13. The van der Waals surface area contributed by atoms with Crippen molar-refractivity contribution in [1.29, 1.82) is 0 Å². The van der Waals surface area contributed by atoms with Gasteiger partial charge < -0.3 is 5.73 Å². The molecular weight excluding hydrogens is 224 g/mol. The van der Waals surface area contributed by atoms with Gasteiger partial charge in [-0.1, -0.05) is 17.7 Å². The zero-order valence-corrected chi connectivity index (χ0v) is 11.1. The number of benzene rings is 1. The van der Waals surface area contributed by atoms with Gasteiger partial charge in [-0.3, -0.25) is 0 Å². The minimum absolute atomic E-state index is 0.414. The fraction of sp³-hybridized carbons (Fsp3) is 0.286. The van der Waals surface area contributed by atoms with E-state index in [2.05, 4.69) is 29.0 Å². The summed E-state index contributed by atoms with van der Waals surface area (Å²) < 4.78 is 1.67. The van der Waals surface area contributed by atoms with Gasteiger partial charge in [0.1, 0.15) is 5.82 Å². The number of nitrogens with two attached hydrogens (primary N) is 1. The first-order chi connectivity index (χ1) is 8.45. The van der Waals surface area contributed by atoms with E-state index in [4.69, 9.17) is 12.3 Å². The number of hydrogen-bond donors (Lipinski definition) is 1. The van der Waals surface area contributed by atoms with E-state index >= 15 is 0 Å². The molecule has 0 saturated carbocycles. The topological polar surface area (TPSA) is 48.2 Å². The fourth-order valence-corrected chi connectivity index (χ4v) is 2.35. The third kappa shape index (κ3) is 1.74. The Morgan fingerprint density at radius 3 is 2.17 bits per heavy atom. The van der Waals surface area contributed by atoms with Crippen LogP contribution in [0.25, 0.3) is 10.5 Å². The minimum atomic E-state index is 0.414. The largest absolute Gasteiger partial charge is 0.392 e. The summed E-state index contributed by atoms with van der Waals surface area (Å²) in [5.41, 5.74) is 11.5. The highest BCUT2D eigenvalue weighted by Crippen LogP contribution is 2.31. The van der Waals surface area contributed by atoms with Crippen LogP contribution in [-0.2, 0) is 0 Å². The van der Waals surface area contributed by atoms with Crippen molar-refractivity contribution in [3.63, 3.8) is 0 Å². The maximum atomic E-state index is 7.13. The van der Waals surface area contributed by atoms with Crippen LogP contribution in [0.3, 0.4) is 0 Å². The molecule has 92 valence electrons. The quantitative estimate of drug-likeness (QED) is 0.778. The Bertz CT molecular complexity index is 636. The molecule has 0 fully saturated rings. The van der Waals surface area contributed by atoms with E-state index in [0.717, 1.165) is 16.8 Å². The van der Waals surface area contributed by atoms with Crippen molar-refractivity contribution < 1.29 is 0 Å². The van der Waals surface area contributed by atoms with Crippen LogP contribution < -0.4 is 5.73 Å². The number of anilines is 1. The number of aryl methyl sites for hydroxylation is 4. The van der Waals surface area contributed by atoms with E-state index in [0.29, 0.717) is 17.2 Å². The predicted octanol–water partition coefficient (Wildman–Crippen LogP) is 3.24. The molecule has 4 nitrogen and oxygen atoms in total. The van der Waals surface area contributed by atoms with Crippen molar-refractivity contribution in [3.05, 3.63) is 45.9 Å². The summed E-state index contributed by atoms with van der Waals surface area (Å²) >= 11 is 0. The Morgan fingerprint density at radius 1 is 1.17 bits per heavy atom. The third-order valence-electron chi connectivity index (χ3n) is 3.02. The van der Waals surface area contributed by atoms with Gasteiger partial charge in [0.2, 0.25) is 5.69 Å². The molecule has 2 N–H and O–H groups in total. The molecule has 0 aliphatic carbocycles. The van der Waals surface area contributed by atoms with Crippen LogP contribution >= 0.6 is 0 Å². The molecule has 1 aromatic carbocycles. The highest BCUT2D eigenvalue weighted by molar-refractivity contribution is 5.69. The summed E-state index contributed by atoms with van der Waals surface area (Å²) in [6.45, 7) is 15.1. The van der Waals surface area contributed by atoms with Crippen LogP contribution in [0.1, 0.15) is 22.4 Å². The first-order valence-electron chi connectivity index (χ1n) is 5.76. The van der Waals surface area contributed by atoms with Crippen LogP contribution in [0.4, 0.5) is 11.5 Å². The average Bonchev–Trinajstić information content (AvgIpc) is 2.53. The molecule has 0 unspecified atom stereocenters. The SMILES string of the molecule is [C-]#[N+]c1c(C)nn(-c2c(C)cc(C)cc2C)c1N. The number of aromatic nitrogens is 2. The lowest BCUT2D eigenvalue weighted by molar-refractivity contribution is 0.857. The number of hydrogen-bond acceptors (Lipinski definition) is 2. The first kappa shape index (κ1) is 12.2. The monoisotopic (exact) mass is 240 g/mol. The van der Waals surface area contributed by atoms with Gasteiger partial charge in [0.15, 0.2) is 0 Å². The predicted molar refractivity (Wildman–Crippen MR) is 73.2 cm³/mol. The smallest absolute Gasteiger partial charge is 0.250 e. The standard InChI is InChI=1S/C14H16N4/c1-8-6-9(2)13(10(3)7-8)18-14(15)12(16-5)11(4)17-18/h6-7H,15H2,1-4H3. The molecular formula is C14H16N4. The molecule has 2 aromatic rings. The highest BCUT2D eigenvalue weighted by atomic mass is 15.3. The van der Waals surface area contributed by atoms with Crippen molar-refractivity contribution in [2.75, 3.05) is 5.73 Å². The molecule has 0 bridgehead atoms. The molecule has 1 heterocycles. The summed E-state index contributed by atoms with van der Waals surface area (Å²) in [4.78, 5) is 3.43. The van der Waals surface area contributed by atoms with Crippen LogP contribution in [0.2, 0.25) is 0 Å². The molecule has 0 amide bonds. The van der Waals surface area contributed by atoms with Gasteiger partial charge in [-0.05, 0) is 38.8 Å². The van der Waals surface area contributed by atoms with E-state index < -0.39 is 0 Å². The van der Waals surface area contributed by atoms with Gasteiger partial charge in [-0.15, -0.1) is 0 Å². The Morgan fingerprint density at radius 2 is 1.72 bits per heavy atom. The Balaban J connectivity index is 2.75. The molecule has 0 atom stereocenters. The Kier molecular flexibility index (Phi) is 2.84. The van der Waals surface area contributed by atoms with Gasteiger partial charge >= 0.3 is 0 Å². The summed E-state index contributed by atoms with van der Waals surface area (Å²) in [5, 5.41) is 4.38. The molecule has 18 heavy (non-hydrogen) atoms. The molecule has 0 radical (unpaired) electrons. The van der Waals surface area contributed by atoms with E-state index in [9.17, 15) is 0 Å². The zero-order chi connectivity index (χ0) is 13.4. The van der Waals surface area contributed by atoms with Crippen molar-refractivity contribution in [3.8, 4) is 5.69 Å². The van der Waals surface area contributed by atoms with Gasteiger partial charge in [0, 0.05) is 0 Å². The second-order valence-electron chi connectivity index (χ2n) is 4.59. The number of nitrogens with zero attached hydrogens (tertiary/aromatic N) is 3. The maximum absolute atomic E-state index is 7.13. The van der Waals surface area contributed by atoms with E-state index in [-0.39, 0.29) is 0 Å². The van der Waals surface area contributed by atoms with Crippen LogP contribution in [0, 0.1) is 34.3 Å². The molecule has 1 aromatic heterocycles. The van der Waals surface area contributed by atoms with Crippen molar-refractivity contribution in [2.45, 2.75) is 27.7 Å². The van der Waals surface area contributed by atoms with Crippen molar-refractivity contribution >= 4 is 11.5 Å². The van der Waals surface area contributed by atoms with Crippen LogP contribution in [0.15, 0.2) is 12.1 Å². The average molecular weight is 240 g/mol. The van der Waals surface area contributed by atoms with Gasteiger partial charge in [0.25, 0.3) is 0 Å². The summed E-state index contributed by atoms with van der Waals surface area (Å²) in [7, 11) is 0. The fourth-order valence-electron chi connectivity index (χ4n) is 2.35. The van der Waals surface area contributed by atoms with E-state index in [1.165, 1.54) is 5.56 Å². The molecule has 2 rings (SSSR count). The van der Waals surface area contributed by atoms with Crippen LogP contribution in [0.5, 0.6) is 0 Å². The van der Waals surface area contributed by atoms with Gasteiger partial charge in [0.05, 0.1) is 18.0 Å². The molecule has 0 saturated heterocycles. The zero-order valence-electron chi connectivity index (χ0n) is 11.1. The van der Waals surface area contributed by atoms with Crippen molar-refractivity contribution in [2.24, 2.45) is 0 Å². The summed E-state index contributed by atoms with van der Waals surface area (Å²) in [6, 6.07) is 4.19. The summed E-state index contributed by atoms with van der Waals surface area (Å²) in [6.07, 6.45) is 0. The Labute approximate surface area is 107 Å². The summed E-state index contributed by atoms with van der Waals surface area (Å²) in [5.74, 6) is 0.414. The highest BCUT2D eigenvalue weighted by Gasteiger charge is 2.16. The molecule has 0 spiro atoms. The molecule has 0 aliphatic rings. The molecule has 0 aliphatic heterocycles. The van der Waals surface area contributed by atoms with Crippen LogP contribution in [-0.4, -0.2) is 9.78 Å². The van der Waals surface area contributed by atoms with Gasteiger partial charge in [-0.2, -0.15) is 5.10 Å². The van der Waals surface area contributed by atoms with Crippen molar-refractivity contribution in [1.82, 2.24) is 9.78 Å². The first-order valence-corrected chi connectivity index (χ1v) is 5.76. The normalized spacial score (nSPS) is 10.4. The second kappa shape index (κ2) is 4.19. The van der Waals surface area contributed by atoms with E-state index in [1.54, 1.807) is 11.6 Å².